The van der Waals surface area contributed by atoms with Gasteiger partial charge in [0.15, 0.2) is 11.6 Å². The number of rotatable bonds is 9. The van der Waals surface area contributed by atoms with Crippen LogP contribution in [0.25, 0.3) is 11.3 Å². The van der Waals surface area contributed by atoms with E-state index in [-0.39, 0.29) is 19.0 Å². The number of carbonyl (C=O) groups is 3. The summed E-state index contributed by atoms with van der Waals surface area (Å²) in [6, 6.07) is 8.25. The summed E-state index contributed by atoms with van der Waals surface area (Å²) >= 11 is 0. The average molecular weight is 558 g/mol. The first-order chi connectivity index (χ1) is 19.1. The molecule has 4 rings (SSSR count). The van der Waals surface area contributed by atoms with E-state index in [1.807, 2.05) is 4.90 Å². The van der Waals surface area contributed by atoms with Gasteiger partial charge in [-0.25, -0.2) is 9.18 Å². The summed E-state index contributed by atoms with van der Waals surface area (Å²) in [7, 11) is 0. The predicted molar refractivity (Wildman–Crippen MR) is 142 cm³/mol. The van der Waals surface area contributed by atoms with Gasteiger partial charge in [0.05, 0.1) is 18.8 Å². The zero-order chi connectivity index (χ0) is 28.7. The minimum atomic E-state index is -0.715. The molecule has 1 aliphatic heterocycles. The molecule has 13 nitrogen and oxygen atoms in total. The molecule has 0 spiro atoms. The molecule has 3 N–H and O–H groups in total. The fraction of sp³-hybridized carbons (Fsp3) is 0.423. The van der Waals surface area contributed by atoms with Crippen LogP contribution in [0.2, 0.25) is 0 Å². The lowest BCUT2D eigenvalue weighted by molar-refractivity contribution is -0.132. The lowest BCUT2D eigenvalue weighted by Gasteiger charge is -2.36. The number of carbonyl (C=O) groups excluding carboxylic acids is 3. The topological polar surface area (TPSA) is 155 Å². The Morgan fingerprint density at radius 1 is 1.02 bits per heavy atom. The highest BCUT2D eigenvalue weighted by Crippen LogP contribution is 2.27. The summed E-state index contributed by atoms with van der Waals surface area (Å²) in [6.07, 6.45) is 0.736. The van der Waals surface area contributed by atoms with E-state index >= 15 is 4.39 Å². The third-order valence-corrected chi connectivity index (χ3v) is 5.89. The molecule has 1 aliphatic rings. The van der Waals surface area contributed by atoms with Crippen LogP contribution in [-0.2, 0) is 20.9 Å². The van der Waals surface area contributed by atoms with Crippen LogP contribution >= 0.6 is 0 Å². The number of hydrogen-bond donors (Lipinski definition) is 3. The molecule has 40 heavy (non-hydrogen) atoms. The number of anilines is 2. The van der Waals surface area contributed by atoms with Gasteiger partial charge in [0.25, 0.3) is 0 Å². The normalized spacial score (nSPS) is 13.6. The average Bonchev–Trinajstić information content (AvgIpc) is 3.61. The van der Waals surface area contributed by atoms with Crippen molar-refractivity contribution in [2.45, 2.75) is 32.9 Å². The van der Waals surface area contributed by atoms with Gasteiger partial charge in [0.1, 0.15) is 29.9 Å². The van der Waals surface area contributed by atoms with Crippen LogP contribution in [0.3, 0.4) is 0 Å². The summed E-state index contributed by atoms with van der Waals surface area (Å²) in [5.41, 5.74) is 0.820. The number of nitrogens with zero attached hydrogens (tertiary/aromatic N) is 4. The molecule has 1 aromatic carbocycles. The highest BCUT2D eigenvalue weighted by Gasteiger charge is 2.24. The van der Waals surface area contributed by atoms with Crippen molar-refractivity contribution in [2.24, 2.45) is 0 Å². The second-order valence-electron chi connectivity index (χ2n) is 10.1. The molecular formula is C26H32FN7O6. The molecule has 1 saturated heterocycles. The van der Waals surface area contributed by atoms with Crippen LogP contribution in [0.1, 0.15) is 26.5 Å². The number of ether oxygens (including phenoxy) is 1. The van der Waals surface area contributed by atoms with Crippen molar-refractivity contribution in [3.8, 4) is 11.3 Å². The molecule has 0 saturated carbocycles. The van der Waals surface area contributed by atoms with Gasteiger partial charge < -0.3 is 39.5 Å². The maximum Gasteiger partial charge on any atom is 0.408 e. The van der Waals surface area contributed by atoms with Crippen LogP contribution in [0.15, 0.2) is 45.6 Å². The number of alkyl carbamates (subject to hydrolysis) is 1. The number of halogens is 1. The Hall–Kier alpha value is -4.62. The molecule has 2 aromatic heterocycles. The van der Waals surface area contributed by atoms with Gasteiger partial charge in [0.2, 0.25) is 11.8 Å². The van der Waals surface area contributed by atoms with Crippen molar-refractivity contribution in [1.82, 2.24) is 25.8 Å². The maximum atomic E-state index is 15.0. The second kappa shape index (κ2) is 12.5. The largest absolute Gasteiger partial charge is 0.444 e. The predicted octanol–water partition coefficient (Wildman–Crippen LogP) is 2.37. The fourth-order valence-electron chi connectivity index (χ4n) is 3.95. The third-order valence-electron chi connectivity index (χ3n) is 5.89. The number of hydrogen-bond acceptors (Lipinski definition) is 10. The molecule has 0 atom stereocenters. The fourth-order valence-corrected chi connectivity index (χ4v) is 3.95. The molecule has 214 valence electrons. The number of benzene rings is 1. The van der Waals surface area contributed by atoms with Crippen LogP contribution in [0, 0.1) is 5.82 Å². The van der Waals surface area contributed by atoms with Gasteiger partial charge in [-0.05, 0) is 32.9 Å². The van der Waals surface area contributed by atoms with E-state index in [2.05, 4.69) is 26.3 Å². The summed E-state index contributed by atoms with van der Waals surface area (Å²) in [5.74, 6) is -0.0648. The lowest BCUT2D eigenvalue weighted by Crippen LogP contribution is -2.52. The number of aromatic nitrogens is 2. The minimum Gasteiger partial charge on any atom is -0.444 e. The van der Waals surface area contributed by atoms with Crippen LogP contribution in [0.5, 0.6) is 0 Å². The Labute approximate surface area is 230 Å². The van der Waals surface area contributed by atoms with Gasteiger partial charge in [0, 0.05) is 43.9 Å². The minimum absolute atomic E-state index is 0.203. The number of nitrogens with one attached hydrogen (secondary N) is 3. The van der Waals surface area contributed by atoms with E-state index in [1.54, 1.807) is 49.9 Å². The van der Waals surface area contributed by atoms with E-state index in [9.17, 15) is 14.4 Å². The zero-order valence-electron chi connectivity index (χ0n) is 22.5. The van der Waals surface area contributed by atoms with E-state index < -0.39 is 23.4 Å². The van der Waals surface area contributed by atoms with Gasteiger partial charge >= 0.3 is 6.09 Å². The summed E-state index contributed by atoms with van der Waals surface area (Å²) in [4.78, 5) is 39.6. The molecule has 0 aliphatic carbocycles. The van der Waals surface area contributed by atoms with Crippen LogP contribution < -0.4 is 20.9 Å². The monoisotopic (exact) mass is 557 g/mol. The highest BCUT2D eigenvalue weighted by molar-refractivity contribution is 5.87. The van der Waals surface area contributed by atoms with E-state index in [1.165, 1.54) is 12.3 Å². The smallest absolute Gasteiger partial charge is 0.408 e. The molecular weight excluding hydrogens is 525 g/mol. The van der Waals surface area contributed by atoms with Gasteiger partial charge in [-0.3, -0.25) is 9.59 Å². The van der Waals surface area contributed by atoms with Gasteiger partial charge in [-0.15, -0.1) is 0 Å². The molecule has 3 amide bonds. The first-order valence-corrected chi connectivity index (χ1v) is 12.7. The molecule has 0 radical (unpaired) electrons. The summed E-state index contributed by atoms with van der Waals surface area (Å²) in [6.45, 7) is 6.58. The number of amides is 3. The molecule has 0 bridgehead atoms. The quantitative estimate of drug-likeness (QED) is 0.357. The van der Waals surface area contributed by atoms with Crippen molar-refractivity contribution in [3.63, 3.8) is 0 Å². The SMILES string of the molecule is CC(C)(C)OC(=O)NCC(=O)NCC(=O)N1CCN(c2ccc(-c3cc(CNc4ccon4)on3)cc2F)CC1. The van der Waals surface area contributed by atoms with E-state index in [0.717, 1.165) is 0 Å². The summed E-state index contributed by atoms with van der Waals surface area (Å²) in [5, 5.41) is 15.6. The Morgan fingerprint density at radius 3 is 2.48 bits per heavy atom. The maximum absolute atomic E-state index is 15.0. The Morgan fingerprint density at radius 2 is 1.80 bits per heavy atom. The third kappa shape index (κ3) is 7.94. The van der Waals surface area contributed by atoms with E-state index in [0.29, 0.717) is 61.2 Å². The summed E-state index contributed by atoms with van der Waals surface area (Å²) < 4.78 is 30.2. The zero-order valence-corrected chi connectivity index (χ0v) is 22.5. The Balaban J connectivity index is 1.22. The Kier molecular flexibility index (Phi) is 8.86. The molecule has 3 aromatic rings. The Bertz CT molecular complexity index is 1310. The van der Waals surface area contributed by atoms with E-state index in [4.69, 9.17) is 13.8 Å². The van der Waals surface area contributed by atoms with Crippen molar-refractivity contribution in [1.29, 1.82) is 0 Å². The lowest BCUT2D eigenvalue weighted by atomic mass is 10.1. The van der Waals surface area contributed by atoms with Crippen molar-refractivity contribution in [2.75, 3.05) is 49.5 Å². The highest BCUT2D eigenvalue weighted by atomic mass is 19.1. The molecule has 3 heterocycles. The number of piperazine rings is 1. The van der Waals surface area contributed by atoms with Crippen LogP contribution in [0.4, 0.5) is 20.7 Å². The molecule has 14 heteroatoms. The van der Waals surface area contributed by atoms with Crippen molar-refractivity contribution in [3.05, 3.63) is 48.2 Å². The molecule has 1 fully saturated rings. The first kappa shape index (κ1) is 28.4. The van der Waals surface area contributed by atoms with Crippen molar-refractivity contribution < 1.29 is 32.6 Å². The first-order valence-electron chi connectivity index (χ1n) is 12.7. The molecule has 0 unspecified atom stereocenters. The van der Waals surface area contributed by atoms with Gasteiger partial charge in [-0.1, -0.05) is 16.4 Å². The standard InChI is InChI=1S/C26H32FN7O6/c1-26(2,3)39-25(37)30-15-23(35)29-16-24(36)34-9-7-33(8-10-34)21-5-4-17(12-19(21)27)20-13-18(40-31-20)14-28-22-6-11-38-32-22/h4-6,11-13H,7-10,14-16H2,1-3H3,(H,28,32)(H,29,35)(H,30,37). The van der Waals surface area contributed by atoms with Crippen molar-refractivity contribution >= 4 is 29.4 Å². The van der Waals surface area contributed by atoms with Crippen LogP contribution in [-0.4, -0.2) is 78.0 Å². The second-order valence-corrected chi connectivity index (χ2v) is 10.1. The van der Waals surface area contributed by atoms with Gasteiger partial charge in [-0.2, -0.15) is 0 Å².